The van der Waals surface area contributed by atoms with E-state index in [1.54, 1.807) is 0 Å². The monoisotopic (exact) mass is 431 g/mol. The van der Waals surface area contributed by atoms with Crippen molar-refractivity contribution in [2.24, 2.45) is 5.41 Å². The van der Waals surface area contributed by atoms with Gasteiger partial charge in [0.25, 0.3) is 5.91 Å². The number of hydrogen-bond donors (Lipinski definition) is 1. The summed E-state index contributed by atoms with van der Waals surface area (Å²) in [5.41, 5.74) is 1.45. The molecule has 1 N–H and O–H groups in total. The molecule has 0 spiro atoms. The van der Waals surface area contributed by atoms with E-state index < -0.39 is 0 Å². The van der Waals surface area contributed by atoms with Crippen LogP contribution in [-0.2, 0) is 9.47 Å². The van der Waals surface area contributed by atoms with Crippen molar-refractivity contribution in [1.29, 1.82) is 0 Å². The average Bonchev–Trinajstić information content (AvgIpc) is 3.34. The van der Waals surface area contributed by atoms with Crippen LogP contribution in [0, 0.1) is 5.41 Å². The minimum absolute atomic E-state index is 0.0386. The summed E-state index contributed by atoms with van der Waals surface area (Å²) in [7, 11) is 0. The van der Waals surface area contributed by atoms with Gasteiger partial charge < -0.3 is 19.7 Å². The van der Waals surface area contributed by atoms with Gasteiger partial charge in [0.05, 0.1) is 13.2 Å². The number of carbonyl (C=O) groups is 1. The Morgan fingerprint density at radius 2 is 1.74 bits per heavy atom. The number of rotatable bonds is 7. The molecule has 3 saturated heterocycles. The second-order valence-corrected chi connectivity index (χ2v) is 9.51. The van der Waals surface area contributed by atoms with Gasteiger partial charge >= 0.3 is 0 Å². The molecule has 0 saturated carbocycles. The highest BCUT2D eigenvalue weighted by atomic mass is 16.5. The van der Waals surface area contributed by atoms with Crippen LogP contribution < -0.4 is 10.2 Å². The van der Waals surface area contributed by atoms with Crippen LogP contribution in [0.15, 0.2) is 6.07 Å². The SMILES string of the molecule is CC(C)c1cc(C(=O)NCC2(CN3CCOCC3)CCOCC2)nc(N2CCCC2)n1. The van der Waals surface area contributed by atoms with Crippen molar-refractivity contribution >= 4 is 11.9 Å². The van der Waals surface area contributed by atoms with Crippen LogP contribution in [0.2, 0.25) is 0 Å². The Bertz CT molecular complexity index is 739. The largest absolute Gasteiger partial charge is 0.381 e. The first kappa shape index (κ1) is 22.4. The molecule has 0 aliphatic carbocycles. The summed E-state index contributed by atoms with van der Waals surface area (Å²) in [6, 6.07) is 1.86. The topological polar surface area (TPSA) is 79.8 Å². The number of morpholine rings is 1. The van der Waals surface area contributed by atoms with E-state index in [1.165, 1.54) is 0 Å². The zero-order valence-electron chi connectivity index (χ0n) is 19.1. The smallest absolute Gasteiger partial charge is 0.270 e. The maximum absolute atomic E-state index is 13.2. The molecule has 31 heavy (non-hydrogen) atoms. The molecule has 8 heteroatoms. The van der Waals surface area contributed by atoms with E-state index in [-0.39, 0.29) is 17.2 Å². The van der Waals surface area contributed by atoms with Gasteiger partial charge in [-0.2, -0.15) is 0 Å². The fourth-order valence-corrected chi connectivity index (χ4v) is 4.71. The first-order valence-corrected chi connectivity index (χ1v) is 11.8. The van der Waals surface area contributed by atoms with Crippen LogP contribution in [0.1, 0.15) is 61.6 Å². The highest BCUT2D eigenvalue weighted by Crippen LogP contribution is 2.31. The predicted octanol–water partition coefficient (Wildman–Crippen LogP) is 2.06. The number of aromatic nitrogens is 2. The number of nitrogens with zero attached hydrogens (tertiary/aromatic N) is 4. The molecule has 0 radical (unpaired) electrons. The standard InChI is InChI=1S/C23H37N5O3/c1-18(2)19-15-20(26-22(25-19)28-7-3-4-8-28)21(29)24-16-23(5-11-30-12-6-23)17-27-9-13-31-14-10-27/h15,18H,3-14,16-17H2,1-2H3,(H,24,29). The van der Waals surface area contributed by atoms with Crippen molar-refractivity contribution in [3.05, 3.63) is 17.5 Å². The van der Waals surface area contributed by atoms with Gasteiger partial charge in [-0.05, 0) is 37.7 Å². The molecular formula is C23H37N5O3. The quantitative estimate of drug-likeness (QED) is 0.708. The Labute approximate surface area is 185 Å². The van der Waals surface area contributed by atoms with Gasteiger partial charge in [-0.3, -0.25) is 9.69 Å². The summed E-state index contributed by atoms with van der Waals surface area (Å²) < 4.78 is 11.1. The van der Waals surface area contributed by atoms with Crippen LogP contribution in [0.4, 0.5) is 5.95 Å². The fraction of sp³-hybridized carbons (Fsp3) is 0.783. The minimum Gasteiger partial charge on any atom is -0.381 e. The predicted molar refractivity (Wildman–Crippen MR) is 120 cm³/mol. The van der Waals surface area contributed by atoms with Crippen LogP contribution >= 0.6 is 0 Å². The maximum Gasteiger partial charge on any atom is 0.270 e. The van der Waals surface area contributed by atoms with E-state index in [0.29, 0.717) is 18.2 Å². The lowest BCUT2D eigenvalue weighted by atomic mass is 9.79. The third kappa shape index (κ3) is 5.73. The average molecular weight is 432 g/mol. The summed E-state index contributed by atoms with van der Waals surface area (Å²) in [5, 5.41) is 3.22. The Balaban J connectivity index is 1.46. The molecule has 0 unspecified atom stereocenters. The van der Waals surface area contributed by atoms with E-state index in [2.05, 4.69) is 33.9 Å². The molecule has 1 aromatic rings. The molecule has 0 aromatic carbocycles. The van der Waals surface area contributed by atoms with Gasteiger partial charge in [0.1, 0.15) is 5.69 Å². The van der Waals surface area contributed by atoms with E-state index >= 15 is 0 Å². The second kappa shape index (κ2) is 10.2. The molecule has 1 amide bonds. The molecule has 0 bridgehead atoms. The van der Waals surface area contributed by atoms with E-state index in [1.807, 2.05) is 6.07 Å². The summed E-state index contributed by atoms with van der Waals surface area (Å²) >= 11 is 0. The number of nitrogens with one attached hydrogen (secondary N) is 1. The second-order valence-electron chi connectivity index (χ2n) is 9.51. The van der Waals surface area contributed by atoms with Crippen LogP contribution in [0.5, 0.6) is 0 Å². The molecule has 3 fully saturated rings. The van der Waals surface area contributed by atoms with Gasteiger partial charge in [0.15, 0.2) is 0 Å². The first-order valence-electron chi connectivity index (χ1n) is 11.8. The number of anilines is 1. The Kier molecular flexibility index (Phi) is 7.40. The molecule has 3 aliphatic heterocycles. The molecule has 4 rings (SSSR count). The fourth-order valence-electron chi connectivity index (χ4n) is 4.71. The van der Waals surface area contributed by atoms with Crippen molar-refractivity contribution in [3.63, 3.8) is 0 Å². The molecule has 4 heterocycles. The Morgan fingerprint density at radius 3 is 2.42 bits per heavy atom. The Morgan fingerprint density at radius 1 is 1.06 bits per heavy atom. The van der Waals surface area contributed by atoms with Gasteiger partial charge in [-0.25, -0.2) is 9.97 Å². The highest BCUT2D eigenvalue weighted by molar-refractivity contribution is 5.92. The number of amides is 1. The molecule has 8 nitrogen and oxygen atoms in total. The Hall–Kier alpha value is -1.77. The van der Waals surface area contributed by atoms with Crippen molar-refractivity contribution < 1.29 is 14.3 Å². The zero-order valence-corrected chi connectivity index (χ0v) is 19.1. The number of carbonyl (C=O) groups excluding carboxylic acids is 1. The van der Waals surface area contributed by atoms with Crippen LogP contribution in [0.25, 0.3) is 0 Å². The van der Waals surface area contributed by atoms with Crippen LogP contribution in [-0.4, -0.2) is 86.5 Å². The zero-order chi connectivity index (χ0) is 21.7. The first-order chi connectivity index (χ1) is 15.0. The molecule has 1 aromatic heterocycles. The lowest BCUT2D eigenvalue weighted by Crippen LogP contribution is -2.50. The summed E-state index contributed by atoms with van der Waals surface area (Å²) in [6.45, 7) is 12.8. The summed E-state index contributed by atoms with van der Waals surface area (Å²) in [6.07, 6.45) is 4.24. The lowest BCUT2D eigenvalue weighted by Gasteiger charge is -2.42. The van der Waals surface area contributed by atoms with Gasteiger partial charge in [-0.1, -0.05) is 13.8 Å². The maximum atomic E-state index is 13.2. The van der Waals surface area contributed by atoms with Crippen molar-refractivity contribution in [2.75, 3.05) is 70.6 Å². The van der Waals surface area contributed by atoms with Gasteiger partial charge in [-0.15, -0.1) is 0 Å². The molecule has 172 valence electrons. The number of hydrogen-bond acceptors (Lipinski definition) is 7. The molecular weight excluding hydrogens is 394 g/mol. The van der Waals surface area contributed by atoms with E-state index in [9.17, 15) is 4.79 Å². The normalized spacial score (nSPS) is 22.1. The third-order valence-corrected chi connectivity index (χ3v) is 6.79. The number of ether oxygens (including phenoxy) is 2. The third-order valence-electron chi connectivity index (χ3n) is 6.79. The lowest BCUT2D eigenvalue weighted by molar-refractivity contribution is -0.0283. The minimum atomic E-state index is -0.0995. The van der Waals surface area contributed by atoms with E-state index in [4.69, 9.17) is 14.5 Å². The van der Waals surface area contributed by atoms with Crippen LogP contribution in [0.3, 0.4) is 0 Å². The van der Waals surface area contributed by atoms with Crippen molar-refractivity contribution in [1.82, 2.24) is 20.2 Å². The molecule has 3 aliphatic rings. The van der Waals surface area contributed by atoms with E-state index in [0.717, 1.165) is 90.5 Å². The molecule has 0 atom stereocenters. The summed E-state index contributed by atoms with van der Waals surface area (Å²) in [5.74, 6) is 0.847. The van der Waals surface area contributed by atoms with Gasteiger partial charge in [0, 0.05) is 63.6 Å². The highest BCUT2D eigenvalue weighted by Gasteiger charge is 2.35. The summed E-state index contributed by atoms with van der Waals surface area (Å²) in [4.78, 5) is 27.2. The van der Waals surface area contributed by atoms with Crippen molar-refractivity contribution in [3.8, 4) is 0 Å². The van der Waals surface area contributed by atoms with Crippen molar-refractivity contribution in [2.45, 2.75) is 45.4 Å². The van der Waals surface area contributed by atoms with Gasteiger partial charge in [0.2, 0.25) is 5.95 Å².